The molecule has 1 fully saturated rings. The van der Waals surface area contributed by atoms with Crippen molar-refractivity contribution in [1.29, 1.82) is 0 Å². The summed E-state index contributed by atoms with van der Waals surface area (Å²) in [7, 11) is 0. The number of hydrogen-bond acceptors (Lipinski definition) is 3. The van der Waals surface area contributed by atoms with Gasteiger partial charge >= 0.3 is 5.97 Å². The molecule has 2 atom stereocenters. The quantitative estimate of drug-likeness (QED) is 0.898. The number of aromatic nitrogens is 3. The highest BCUT2D eigenvalue weighted by molar-refractivity contribution is 6.00. The van der Waals surface area contributed by atoms with Crippen LogP contribution in [0.15, 0.2) is 18.2 Å². The third-order valence-corrected chi connectivity index (χ3v) is 3.59. The Hall–Kier alpha value is -1.91. The third kappa shape index (κ3) is 1.66. The monoisotopic (exact) mass is 245 g/mol. The van der Waals surface area contributed by atoms with Crippen molar-refractivity contribution >= 4 is 17.0 Å². The van der Waals surface area contributed by atoms with E-state index in [9.17, 15) is 4.79 Å². The van der Waals surface area contributed by atoms with Gasteiger partial charge in [-0.3, -0.25) is 0 Å². The maximum absolute atomic E-state index is 11.1. The average Bonchev–Trinajstić information content (AvgIpc) is 2.98. The SMILES string of the molecule is CCCC1CC1n1nnc2c(C(=O)O)cccc21. The minimum absolute atomic E-state index is 0.228. The van der Waals surface area contributed by atoms with E-state index >= 15 is 0 Å². The predicted octanol–water partition coefficient (Wildman–Crippen LogP) is 2.49. The average molecular weight is 245 g/mol. The molecule has 1 heterocycles. The van der Waals surface area contributed by atoms with Crippen LogP contribution in [0.4, 0.5) is 0 Å². The largest absolute Gasteiger partial charge is 0.478 e. The molecule has 0 aliphatic heterocycles. The lowest BCUT2D eigenvalue weighted by atomic mass is 10.2. The molecular weight excluding hydrogens is 230 g/mol. The first-order valence-electron chi connectivity index (χ1n) is 6.29. The second-order valence-electron chi connectivity index (χ2n) is 4.86. The summed E-state index contributed by atoms with van der Waals surface area (Å²) >= 11 is 0. The van der Waals surface area contributed by atoms with Crippen LogP contribution in [0.5, 0.6) is 0 Å². The second kappa shape index (κ2) is 4.08. The van der Waals surface area contributed by atoms with E-state index < -0.39 is 5.97 Å². The number of aromatic carboxylic acids is 1. The predicted molar refractivity (Wildman–Crippen MR) is 66.5 cm³/mol. The molecule has 0 amide bonds. The number of benzene rings is 1. The summed E-state index contributed by atoms with van der Waals surface area (Å²) in [5.74, 6) is -0.276. The van der Waals surface area contributed by atoms with Crippen LogP contribution in [0.2, 0.25) is 0 Å². The number of hydrogen-bond donors (Lipinski definition) is 1. The zero-order valence-electron chi connectivity index (χ0n) is 10.2. The number of carbonyl (C=O) groups is 1. The molecule has 1 saturated carbocycles. The van der Waals surface area contributed by atoms with Gasteiger partial charge in [0.25, 0.3) is 0 Å². The van der Waals surface area contributed by atoms with E-state index in [1.165, 1.54) is 12.8 Å². The lowest BCUT2D eigenvalue weighted by Gasteiger charge is -2.01. The Morgan fingerprint density at radius 2 is 2.39 bits per heavy atom. The minimum Gasteiger partial charge on any atom is -0.478 e. The van der Waals surface area contributed by atoms with E-state index in [1.807, 2.05) is 10.7 Å². The van der Waals surface area contributed by atoms with Gasteiger partial charge in [0.2, 0.25) is 0 Å². The second-order valence-corrected chi connectivity index (χ2v) is 4.86. The van der Waals surface area contributed by atoms with Crippen molar-refractivity contribution in [3.63, 3.8) is 0 Å². The number of carboxylic acids is 1. The molecule has 1 aromatic carbocycles. The van der Waals surface area contributed by atoms with Crippen molar-refractivity contribution in [2.24, 2.45) is 5.92 Å². The molecule has 5 heteroatoms. The van der Waals surface area contributed by atoms with Crippen molar-refractivity contribution in [3.8, 4) is 0 Å². The Balaban J connectivity index is 2.01. The van der Waals surface area contributed by atoms with Gasteiger partial charge in [-0.2, -0.15) is 0 Å². The summed E-state index contributed by atoms with van der Waals surface area (Å²) in [5, 5.41) is 17.3. The van der Waals surface area contributed by atoms with Crippen molar-refractivity contribution < 1.29 is 9.90 Å². The van der Waals surface area contributed by atoms with Crippen LogP contribution in [0.1, 0.15) is 42.6 Å². The molecule has 0 saturated heterocycles. The van der Waals surface area contributed by atoms with Crippen LogP contribution in [0.25, 0.3) is 11.0 Å². The Morgan fingerprint density at radius 1 is 1.56 bits per heavy atom. The molecule has 1 N–H and O–H groups in total. The van der Waals surface area contributed by atoms with Gasteiger partial charge in [0.15, 0.2) is 0 Å². The van der Waals surface area contributed by atoms with Gasteiger partial charge in [-0.1, -0.05) is 24.6 Å². The van der Waals surface area contributed by atoms with Crippen LogP contribution >= 0.6 is 0 Å². The molecule has 18 heavy (non-hydrogen) atoms. The summed E-state index contributed by atoms with van der Waals surface area (Å²) in [5.41, 5.74) is 1.55. The van der Waals surface area contributed by atoms with E-state index in [0.29, 0.717) is 17.5 Å². The van der Waals surface area contributed by atoms with Gasteiger partial charge in [-0.25, -0.2) is 9.48 Å². The zero-order valence-corrected chi connectivity index (χ0v) is 10.2. The summed E-state index contributed by atoms with van der Waals surface area (Å²) in [6.45, 7) is 2.18. The van der Waals surface area contributed by atoms with E-state index in [2.05, 4.69) is 17.2 Å². The van der Waals surface area contributed by atoms with Gasteiger partial charge in [-0.05, 0) is 30.9 Å². The Bertz CT molecular complexity index is 605. The fourth-order valence-electron chi connectivity index (χ4n) is 2.59. The molecule has 1 aliphatic rings. The van der Waals surface area contributed by atoms with E-state index in [-0.39, 0.29) is 5.56 Å². The molecule has 3 rings (SSSR count). The van der Waals surface area contributed by atoms with E-state index in [1.54, 1.807) is 12.1 Å². The lowest BCUT2D eigenvalue weighted by molar-refractivity contribution is 0.0699. The maximum Gasteiger partial charge on any atom is 0.338 e. The number of fused-ring (bicyclic) bond motifs is 1. The first kappa shape index (κ1) is 11.2. The van der Waals surface area contributed by atoms with Crippen molar-refractivity contribution in [3.05, 3.63) is 23.8 Å². The van der Waals surface area contributed by atoms with Gasteiger partial charge in [0.1, 0.15) is 5.52 Å². The van der Waals surface area contributed by atoms with E-state index in [4.69, 9.17) is 5.11 Å². The van der Waals surface area contributed by atoms with Gasteiger partial charge < -0.3 is 5.11 Å². The molecule has 94 valence electrons. The van der Waals surface area contributed by atoms with Crippen molar-refractivity contribution in [2.75, 3.05) is 0 Å². The van der Waals surface area contributed by atoms with Crippen molar-refractivity contribution in [2.45, 2.75) is 32.2 Å². The van der Waals surface area contributed by atoms with Gasteiger partial charge in [-0.15, -0.1) is 5.10 Å². The van der Waals surface area contributed by atoms with Gasteiger partial charge in [0, 0.05) is 0 Å². The normalized spacial score (nSPS) is 22.3. The van der Waals surface area contributed by atoms with Crippen LogP contribution in [0, 0.1) is 5.92 Å². The first-order valence-corrected chi connectivity index (χ1v) is 6.29. The summed E-state index contributed by atoms with van der Waals surface area (Å²) in [4.78, 5) is 11.1. The fourth-order valence-corrected chi connectivity index (χ4v) is 2.59. The van der Waals surface area contributed by atoms with Crippen LogP contribution in [-0.4, -0.2) is 26.1 Å². The smallest absolute Gasteiger partial charge is 0.338 e. The van der Waals surface area contributed by atoms with Crippen LogP contribution in [0.3, 0.4) is 0 Å². The lowest BCUT2D eigenvalue weighted by Crippen LogP contribution is -2.00. The Morgan fingerprint density at radius 3 is 3.11 bits per heavy atom. The molecular formula is C13H15N3O2. The molecule has 5 nitrogen and oxygen atoms in total. The first-order chi connectivity index (χ1) is 8.72. The standard InChI is InChI=1S/C13H15N3O2/c1-2-4-8-7-11(8)16-10-6-3-5-9(13(17)18)12(10)14-15-16/h3,5-6,8,11H,2,4,7H2,1H3,(H,17,18). The molecule has 0 bridgehead atoms. The molecule has 0 spiro atoms. The molecule has 0 radical (unpaired) electrons. The topological polar surface area (TPSA) is 68.0 Å². The zero-order chi connectivity index (χ0) is 12.7. The highest BCUT2D eigenvalue weighted by atomic mass is 16.4. The number of carboxylic acid groups (broad SMARTS) is 1. The summed E-state index contributed by atoms with van der Waals surface area (Å²) < 4.78 is 1.89. The molecule has 2 aromatic rings. The number of nitrogens with zero attached hydrogens (tertiary/aromatic N) is 3. The Labute approximate surface area is 104 Å². The molecule has 2 unspecified atom stereocenters. The summed E-state index contributed by atoms with van der Waals surface area (Å²) in [6, 6.07) is 5.62. The minimum atomic E-state index is -0.950. The number of rotatable bonds is 4. The highest BCUT2D eigenvalue weighted by Gasteiger charge is 2.39. The molecule has 1 aromatic heterocycles. The fraction of sp³-hybridized carbons (Fsp3) is 0.462. The van der Waals surface area contributed by atoms with Crippen molar-refractivity contribution in [1.82, 2.24) is 15.0 Å². The highest BCUT2D eigenvalue weighted by Crippen LogP contribution is 2.46. The molecule has 1 aliphatic carbocycles. The van der Waals surface area contributed by atoms with E-state index in [0.717, 1.165) is 11.9 Å². The maximum atomic E-state index is 11.1. The van der Waals surface area contributed by atoms with Crippen LogP contribution < -0.4 is 0 Å². The van der Waals surface area contributed by atoms with Crippen LogP contribution in [-0.2, 0) is 0 Å². The van der Waals surface area contributed by atoms with Gasteiger partial charge in [0.05, 0.1) is 17.1 Å². The summed E-state index contributed by atoms with van der Waals surface area (Å²) in [6.07, 6.45) is 3.50. The Kier molecular flexibility index (Phi) is 2.54. The third-order valence-electron chi connectivity index (χ3n) is 3.59.